The van der Waals surface area contributed by atoms with E-state index in [9.17, 15) is 14.9 Å². The van der Waals surface area contributed by atoms with Crippen LogP contribution < -0.4 is 9.47 Å². The summed E-state index contributed by atoms with van der Waals surface area (Å²) in [7, 11) is 0. The van der Waals surface area contributed by atoms with E-state index >= 15 is 0 Å². The van der Waals surface area contributed by atoms with Gasteiger partial charge in [-0.15, -0.1) is 0 Å². The minimum atomic E-state index is -0.507. The molecule has 2 aromatic rings. The molecule has 0 heterocycles. The summed E-state index contributed by atoms with van der Waals surface area (Å²) in [6.45, 7) is 6.29. The van der Waals surface area contributed by atoms with Crippen LogP contribution in [0.3, 0.4) is 0 Å². The van der Waals surface area contributed by atoms with E-state index in [2.05, 4.69) is 22.5 Å². The van der Waals surface area contributed by atoms with E-state index in [4.69, 9.17) is 9.47 Å². The molecule has 0 atom stereocenters. The number of hydrogen-bond donors (Lipinski definition) is 0. The lowest BCUT2D eigenvalue weighted by molar-refractivity contribution is -0.384. The van der Waals surface area contributed by atoms with Crippen LogP contribution >= 0.6 is 15.9 Å². The van der Waals surface area contributed by atoms with Crippen LogP contribution in [0, 0.1) is 10.1 Å². The third-order valence-electron chi connectivity index (χ3n) is 3.47. The quantitative estimate of drug-likeness (QED) is 0.179. The van der Waals surface area contributed by atoms with Crippen molar-refractivity contribution in [3.05, 3.63) is 80.8 Å². The topological polar surface area (TPSA) is 78.7 Å². The van der Waals surface area contributed by atoms with Gasteiger partial charge >= 0.3 is 0 Å². The number of benzene rings is 2. The molecule has 0 aliphatic rings. The van der Waals surface area contributed by atoms with Gasteiger partial charge in [0.25, 0.3) is 5.69 Å². The van der Waals surface area contributed by atoms with Gasteiger partial charge in [-0.1, -0.05) is 18.7 Å². The van der Waals surface area contributed by atoms with E-state index in [1.54, 1.807) is 24.3 Å². The van der Waals surface area contributed by atoms with Crippen molar-refractivity contribution in [1.29, 1.82) is 0 Å². The minimum absolute atomic E-state index is 0.0593. The lowest BCUT2D eigenvalue weighted by Crippen LogP contribution is -2.00. The number of hydrogen-bond acceptors (Lipinski definition) is 5. The average Bonchev–Trinajstić information content (AvgIpc) is 2.65. The van der Waals surface area contributed by atoms with Crippen LogP contribution in [0.2, 0.25) is 0 Å². The number of allylic oxidation sites excluding steroid dienone is 1. The molecule has 0 saturated heterocycles. The maximum absolute atomic E-state index is 12.3. The third kappa shape index (κ3) is 5.52. The van der Waals surface area contributed by atoms with Gasteiger partial charge in [0.15, 0.2) is 17.3 Å². The normalized spacial score (nSPS) is 10.6. The second-order valence-electron chi connectivity index (χ2n) is 5.36. The average molecular weight is 432 g/mol. The molecule has 0 aliphatic heterocycles. The first-order valence-corrected chi connectivity index (χ1v) is 8.92. The highest BCUT2D eigenvalue weighted by Gasteiger charge is 2.12. The van der Waals surface area contributed by atoms with E-state index in [0.717, 1.165) is 5.56 Å². The summed E-state index contributed by atoms with van der Waals surface area (Å²) < 4.78 is 11.9. The summed E-state index contributed by atoms with van der Waals surface area (Å²) in [5.41, 5.74) is 1.05. The number of carbonyl (C=O) groups excluding carboxylic acids is 1. The highest BCUT2D eigenvalue weighted by molar-refractivity contribution is 9.10. The van der Waals surface area contributed by atoms with Crippen LogP contribution in [0.5, 0.6) is 11.5 Å². The van der Waals surface area contributed by atoms with Gasteiger partial charge in [0.1, 0.15) is 6.61 Å². The first-order valence-electron chi connectivity index (χ1n) is 8.13. The lowest BCUT2D eigenvalue weighted by Gasteiger charge is -2.13. The van der Waals surface area contributed by atoms with Crippen molar-refractivity contribution in [2.24, 2.45) is 0 Å². The van der Waals surface area contributed by atoms with Gasteiger partial charge in [-0.2, -0.15) is 0 Å². The zero-order chi connectivity index (χ0) is 19.8. The first kappa shape index (κ1) is 20.4. The maximum Gasteiger partial charge on any atom is 0.269 e. The second-order valence-corrected chi connectivity index (χ2v) is 6.22. The fourth-order valence-electron chi connectivity index (χ4n) is 2.24. The lowest BCUT2D eigenvalue weighted by atomic mass is 10.1. The van der Waals surface area contributed by atoms with Gasteiger partial charge in [0.05, 0.1) is 16.0 Å². The van der Waals surface area contributed by atoms with Gasteiger partial charge in [0.2, 0.25) is 0 Å². The predicted molar refractivity (Wildman–Crippen MR) is 107 cm³/mol. The third-order valence-corrected chi connectivity index (χ3v) is 4.06. The molecule has 0 unspecified atom stereocenters. The molecule has 0 saturated carbocycles. The van der Waals surface area contributed by atoms with Crippen molar-refractivity contribution in [3.63, 3.8) is 0 Å². The number of carbonyl (C=O) groups is 1. The van der Waals surface area contributed by atoms with E-state index in [-0.39, 0.29) is 11.5 Å². The van der Waals surface area contributed by atoms with Gasteiger partial charge < -0.3 is 9.47 Å². The van der Waals surface area contributed by atoms with Crippen LogP contribution in [0.25, 0.3) is 6.08 Å². The van der Waals surface area contributed by atoms with Gasteiger partial charge in [-0.3, -0.25) is 14.9 Å². The summed E-state index contributed by atoms with van der Waals surface area (Å²) in [6.07, 6.45) is 4.69. The summed E-state index contributed by atoms with van der Waals surface area (Å²) in [4.78, 5) is 22.4. The zero-order valence-electron chi connectivity index (χ0n) is 14.7. The van der Waals surface area contributed by atoms with Gasteiger partial charge in [0, 0.05) is 17.7 Å². The molecule has 140 valence electrons. The Bertz CT molecular complexity index is 875. The number of halogens is 1. The number of nitrogens with zero attached hydrogens (tertiary/aromatic N) is 1. The molecular formula is C20H18BrNO5. The molecule has 7 heteroatoms. The Kier molecular flexibility index (Phi) is 7.31. The molecule has 0 bridgehead atoms. The monoisotopic (exact) mass is 431 g/mol. The Balaban J connectivity index is 2.23. The zero-order valence-corrected chi connectivity index (χ0v) is 16.3. The number of rotatable bonds is 9. The molecule has 0 aromatic heterocycles. The Morgan fingerprint density at radius 2 is 1.96 bits per heavy atom. The van der Waals surface area contributed by atoms with E-state index < -0.39 is 4.92 Å². The first-order chi connectivity index (χ1) is 13.0. The predicted octanol–water partition coefficient (Wildman–Crippen LogP) is 5.22. The van der Waals surface area contributed by atoms with Crippen molar-refractivity contribution in [2.75, 3.05) is 13.2 Å². The van der Waals surface area contributed by atoms with E-state index in [1.807, 2.05) is 6.92 Å². The molecule has 0 radical (unpaired) electrons. The van der Waals surface area contributed by atoms with Crippen molar-refractivity contribution in [2.45, 2.75) is 6.92 Å². The van der Waals surface area contributed by atoms with Crippen LogP contribution in [-0.2, 0) is 0 Å². The standard InChI is InChI=1S/C20H18BrNO5/c1-3-11-27-20-17(21)12-14(13-19(20)26-4-2)5-10-18(23)15-6-8-16(9-7-15)22(24)25/h3,5-10,12-13H,1,4,11H2,2H3. The molecule has 0 amide bonds. The Morgan fingerprint density at radius 1 is 1.26 bits per heavy atom. The molecule has 0 N–H and O–H groups in total. The molecule has 6 nitrogen and oxygen atoms in total. The molecular weight excluding hydrogens is 414 g/mol. The molecule has 27 heavy (non-hydrogen) atoms. The Hall–Kier alpha value is -2.93. The highest BCUT2D eigenvalue weighted by atomic mass is 79.9. The fraction of sp³-hybridized carbons (Fsp3) is 0.150. The molecule has 2 rings (SSSR count). The summed E-state index contributed by atoms with van der Waals surface area (Å²) in [6, 6.07) is 9.04. The molecule has 0 spiro atoms. The summed E-state index contributed by atoms with van der Waals surface area (Å²) in [5.74, 6) is 0.859. The highest BCUT2D eigenvalue weighted by Crippen LogP contribution is 2.37. The fourth-order valence-corrected chi connectivity index (χ4v) is 2.82. The molecule has 0 aliphatic carbocycles. The Labute approximate surface area is 165 Å². The number of nitro benzene ring substituents is 1. The number of non-ortho nitro benzene ring substituents is 1. The largest absolute Gasteiger partial charge is 0.490 e. The van der Waals surface area contributed by atoms with Crippen LogP contribution in [-0.4, -0.2) is 23.9 Å². The van der Waals surface area contributed by atoms with Crippen molar-refractivity contribution >= 4 is 33.5 Å². The Morgan fingerprint density at radius 3 is 2.56 bits per heavy atom. The number of ketones is 1. The molecule has 0 fully saturated rings. The van der Waals surface area contributed by atoms with Crippen LogP contribution in [0.4, 0.5) is 5.69 Å². The number of nitro groups is 1. The second kappa shape index (κ2) is 9.68. The SMILES string of the molecule is C=CCOc1c(Br)cc(C=CC(=O)c2ccc([N+](=O)[O-])cc2)cc1OCC. The maximum atomic E-state index is 12.3. The number of ether oxygens (including phenoxy) is 2. The van der Waals surface area contributed by atoms with Crippen molar-refractivity contribution < 1.29 is 19.2 Å². The molecule has 2 aromatic carbocycles. The minimum Gasteiger partial charge on any atom is -0.490 e. The summed E-state index contributed by atoms with van der Waals surface area (Å²) in [5, 5.41) is 10.7. The van der Waals surface area contributed by atoms with Gasteiger partial charge in [-0.25, -0.2) is 0 Å². The summed E-state index contributed by atoms with van der Waals surface area (Å²) >= 11 is 3.45. The van der Waals surface area contributed by atoms with Crippen molar-refractivity contribution in [3.8, 4) is 11.5 Å². The van der Waals surface area contributed by atoms with E-state index in [1.165, 1.54) is 30.3 Å². The van der Waals surface area contributed by atoms with E-state index in [0.29, 0.717) is 34.7 Å². The smallest absolute Gasteiger partial charge is 0.269 e. The van der Waals surface area contributed by atoms with Crippen LogP contribution in [0.15, 0.2) is 59.6 Å². The van der Waals surface area contributed by atoms with Gasteiger partial charge in [-0.05, 0) is 58.8 Å². The van der Waals surface area contributed by atoms with Crippen molar-refractivity contribution in [1.82, 2.24) is 0 Å². The van der Waals surface area contributed by atoms with Crippen LogP contribution in [0.1, 0.15) is 22.8 Å².